The molecule has 182 valence electrons. The molecule has 2 aliphatic heterocycles. The molecule has 0 aliphatic carbocycles. The van der Waals surface area contributed by atoms with Gasteiger partial charge in [0.15, 0.2) is 0 Å². The summed E-state index contributed by atoms with van der Waals surface area (Å²) in [6, 6.07) is 33.5. The molecule has 7 rings (SSSR count). The summed E-state index contributed by atoms with van der Waals surface area (Å²) in [4.78, 5) is 9.88. The van der Waals surface area contributed by atoms with Crippen LogP contribution in [0.5, 0.6) is 0 Å². The highest BCUT2D eigenvalue weighted by atomic mass is 79.9. The van der Waals surface area contributed by atoms with Gasteiger partial charge >= 0.3 is 0 Å². The number of halogens is 2. The fourth-order valence-electron chi connectivity index (χ4n) is 4.93. The minimum Gasteiger partial charge on any atom is -0.309 e. The minimum atomic E-state index is 0.904. The van der Waals surface area contributed by atoms with Crippen molar-refractivity contribution in [3.8, 4) is 11.4 Å². The standard InChI is InChI=1S/C32H20Br2N4/c33-29-5-1-3-7-31(29)37-25-13-14-26(37)18-22-10-12-24(36-22)20-28-16-15-27(19-23-11-9-21(17-25)35-23)38(28)32-8-4-2-6-30(32)34/h1-20H. The molecule has 0 fully saturated rings. The molecule has 2 aliphatic rings. The van der Waals surface area contributed by atoms with Gasteiger partial charge in [0, 0.05) is 31.0 Å². The van der Waals surface area contributed by atoms with Gasteiger partial charge in [0.05, 0.1) is 34.2 Å². The van der Waals surface area contributed by atoms with Crippen molar-refractivity contribution in [2.75, 3.05) is 0 Å². The van der Waals surface area contributed by atoms with E-state index >= 15 is 0 Å². The lowest BCUT2D eigenvalue weighted by atomic mass is 10.3. The van der Waals surface area contributed by atoms with Crippen LogP contribution >= 0.6 is 31.9 Å². The molecule has 8 bridgehead atoms. The van der Waals surface area contributed by atoms with Crippen LogP contribution in [0.1, 0.15) is 22.8 Å². The number of aromatic nitrogens is 4. The van der Waals surface area contributed by atoms with Crippen molar-refractivity contribution in [3.05, 3.63) is 129 Å². The molecule has 4 nitrogen and oxygen atoms in total. The molecule has 0 saturated heterocycles. The molecule has 0 saturated carbocycles. The van der Waals surface area contributed by atoms with Crippen LogP contribution in [0, 0.1) is 0 Å². The molecule has 5 heterocycles. The van der Waals surface area contributed by atoms with Crippen LogP contribution in [-0.4, -0.2) is 19.1 Å². The molecular formula is C32H20Br2N4. The first-order valence-corrected chi connectivity index (χ1v) is 13.8. The zero-order chi connectivity index (χ0) is 25.6. The first-order valence-electron chi connectivity index (χ1n) is 12.2. The maximum atomic E-state index is 4.94. The van der Waals surface area contributed by atoms with Gasteiger partial charge in [-0.25, -0.2) is 9.97 Å². The summed E-state index contributed by atoms with van der Waals surface area (Å²) in [7, 11) is 0. The van der Waals surface area contributed by atoms with Crippen LogP contribution in [0.3, 0.4) is 0 Å². The molecule has 2 aromatic carbocycles. The summed E-state index contributed by atoms with van der Waals surface area (Å²) < 4.78 is 6.50. The summed E-state index contributed by atoms with van der Waals surface area (Å²) in [5.41, 5.74) is 9.89. The van der Waals surface area contributed by atoms with E-state index in [2.05, 4.69) is 150 Å². The first-order chi connectivity index (χ1) is 18.6. The van der Waals surface area contributed by atoms with Crippen molar-refractivity contribution in [3.63, 3.8) is 0 Å². The number of hydrogen-bond acceptors (Lipinski definition) is 2. The molecule has 0 radical (unpaired) electrons. The Labute approximate surface area is 236 Å². The molecule has 3 aromatic heterocycles. The third-order valence-electron chi connectivity index (χ3n) is 6.62. The maximum Gasteiger partial charge on any atom is 0.0658 e. The van der Waals surface area contributed by atoms with E-state index in [0.717, 1.165) is 65.2 Å². The Morgan fingerprint density at radius 2 is 0.737 bits per heavy atom. The highest BCUT2D eigenvalue weighted by Gasteiger charge is 2.11. The van der Waals surface area contributed by atoms with E-state index in [-0.39, 0.29) is 0 Å². The third-order valence-corrected chi connectivity index (χ3v) is 7.96. The van der Waals surface area contributed by atoms with Crippen molar-refractivity contribution in [2.24, 2.45) is 0 Å². The number of rotatable bonds is 2. The predicted molar refractivity (Wildman–Crippen MR) is 164 cm³/mol. The van der Waals surface area contributed by atoms with Gasteiger partial charge in [-0.15, -0.1) is 0 Å². The van der Waals surface area contributed by atoms with Gasteiger partial charge in [0.25, 0.3) is 0 Å². The topological polar surface area (TPSA) is 35.6 Å². The summed E-state index contributed by atoms with van der Waals surface area (Å²) in [5, 5.41) is 0. The van der Waals surface area contributed by atoms with Crippen molar-refractivity contribution >= 4 is 78.2 Å². The van der Waals surface area contributed by atoms with Gasteiger partial charge in [0.1, 0.15) is 0 Å². The van der Waals surface area contributed by atoms with Crippen LogP contribution in [-0.2, 0) is 0 Å². The first kappa shape index (κ1) is 23.1. The van der Waals surface area contributed by atoms with E-state index in [1.165, 1.54) is 0 Å². The molecule has 0 amide bonds. The van der Waals surface area contributed by atoms with Crippen molar-refractivity contribution in [1.82, 2.24) is 19.1 Å². The molecule has 0 atom stereocenters. The number of fused-ring (bicyclic) bond motifs is 8. The summed E-state index contributed by atoms with van der Waals surface area (Å²) in [6.07, 6.45) is 8.25. The predicted octanol–water partition coefficient (Wildman–Crippen LogP) is 9.11. The summed E-state index contributed by atoms with van der Waals surface area (Å²) in [5.74, 6) is 0. The Balaban J connectivity index is 1.58. The van der Waals surface area contributed by atoms with Crippen molar-refractivity contribution in [1.29, 1.82) is 0 Å². The number of benzene rings is 2. The second kappa shape index (κ2) is 9.39. The second-order valence-corrected chi connectivity index (χ2v) is 10.8. The molecule has 0 N–H and O–H groups in total. The molecular weight excluding hydrogens is 600 g/mol. The van der Waals surface area contributed by atoms with Gasteiger partial charge in [-0.05, 0) is 129 Å². The normalized spacial score (nSPS) is 12.3. The van der Waals surface area contributed by atoms with E-state index in [1.54, 1.807) is 0 Å². The van der Waals surface area contributed by atoms with E-state index in [4.69, 9.17) is 9.97 Å². The molecule has 0 unspecified atom stereocenters. The van der Waals surface area contributed by atoms with Gasteiger partial charge in [-0.2, -0.15) is 0 Å². The van der Waals surface area contributed by atoms with E-state index < -0.39 is 0 Å². The zero-order valence-electron chi connectivity index (χ0n) is 20.1. The van der Waals surface area contributed by atoms with Crippen LogP contribution in [0.2, 0.25) is 0 Å². The molecule has 0 spiro atoms. The molecule has 5 aromatic rings. The molecule has 6 heteroatoms. The number of nitrogens with zero attached hydrogens (tertiary/aromatic N) is 4. The lowest BCUT2D eigenvalue weighted by Crippen LogP contribution is -1.95. The highest BCUT2D eigenvalue weighted by Crippen LogP contribution is 2.29. The monoisotopic (exact) mass is 618 g/mol. The SMILES string of the molecule is Brc1ccccc1-n1c2ccc1cc1nc(cc3ccc(cc4nc(c2)C=C4)n3-c2ccccc2Br)C=C1. The van der Waals surface area contributed by atoms with E-state index in [9.17, 15) is 0 Å². The third kappa shape index (κ3) is 4.16. The zero-order valence-corrected chi connectivity index (χ0v) is 23.3. The van der Waals surface area contributed by atoms with Gasteiger partial charge in [0.2, 0.25) is 0 Å². The lowest BCUT2D eigenvalue weighted by molar-refractivity contribution is 1.15. The average Bonchev–Trinajstić information content (AvgIpc) is 3.70. The maximum absolute atomic E-state index is 4.94. The highest BCUT2D eigenvalue weighted by molar-refractivity contribution is 9.11. The minimum absolute atomic E-state index is 0.904. The Morgan fingerprint density at radius 3 is 1.05 bits per heavy atom. The van der Waals surface area contributed by atoms with Crippen LogP contribution in [0.15, 0.2) is 106 Å². The lowest BCUT2D eigenvalue weighted by Gasteiger charge is -2.09. The summed E-state index contributed by atoms with van der Waals surface area (Å²) in [6.45, 7) is 0. The Hall–Kier alpha value is -4.00. The quantitative estimate of drug-likeness (QED) is 0.193. The Bertz CT molecular complexity index is 1730. The fraction of sp³-hybridized carbons (Fsp3) is 0. The largest absolute Gasteiger partial charge is 0.309 e. The van der Waals surface area contributed by atoms with Crippen LogP contribution in [0.4, 0.5) is 0 Å². The van der Waals surface area contributed by atoms with Crippen LogP contribution in [0.25, 0.3) is 57.7 Å². The van der Waals surface area contributed by atoms with Crippen LogP contribution < -0.4 is 0 Å². The number of hydrogen-bond donors (Lipinski definition) is 0. The van der Waals surface area contributed by atoms with Crippen molar-refractivity contribution in [2.45, 2.75) is 0 Å². The van der Waals surface area contributed by atoms with Gasteiger partial charge < -0.3 is 9.13 Å². The van der Waals surface area contributed by atoms with E-state index in [1.807, 2.05) is 12.1 Å². The summed E-state index contributed by atoms with van der Waals surface area (Å²) >= 11 is 7.49. The smallest absolute Gasteiger partial charge is 0.0658 e. The fourth-order valence-corrected chi connectivity index (χ4v) is 5.85. The molecule has 38 heavy (non-hydrogen) atoms. The average molecular weight is 620 g/mol. The Kier molecular flexibility index (Phi) is 5.72. The van der Waals surface area contributed by atoms with Crippen molar-refractivity contribution < 1.29 is 0 Å². The Morgan fingerprint density at radius 1 is 0.421 bits per heavy atom. The van der Waals surface area contributed by atoms with E-state index in [0.29, 0.717) is 0 Å². The number of para-hydroxylation sites is 2. The van der Waals surface area contributed by atoms with Gasteiger partial charge in [-0.3, -0.25) is 0 Å². The second-order valence-electron chi connectivity index (χ2n) is 9.11. The van der Waals surface area contributed by atoms with Gasteiger partial charge in [-0.1, -0.05) is 24.3 Å².